The van der Waals surface area contributed by atoms with E-state index in [0.717, 1.165) is 15.2 Å². The number of amides is 1. The molecule has 102 valence electrons. The van der Waals surface area contributed by atoms with Gasteiger partial charge in [0, 0.05) is 7.05 Å². The predicted octanol–water partition coefficient (Wildman–Crippen LogP) is 3.81. The molecule has 3 aromatic rings. The highest BCUT2D eigenvalue weighted by atomic mass is 35.5. The van der Waals surface area contributed by atoms with Crippen LogP contribution in [-0.4, -0.2) is 22.8 Å². The van der Waals surface area contributed by atoms with Crippen molar-refractivity contribution in [3.63, 3.8) is 0 Å². The molecule has 1 amide bonds. The molecule has 0 aliphatic carbocycles. The van der Waals surface area contributed by atoms with Crippen LogP contribution in [0.5, 0.6) is 0 Å². The maximum atomic E-state index is 12.2. The molecule has 0 saturated heterocycles. The molecule has 1 aromatic carbocycles. The first-order valence-corrected chi connectivity index (χ1v) is 7.17. The summed E-state index contributed by atoms with van der Waals surface area (Å²) in [5.41, 5.74) is 1.32. The minimum atomic E-state index is -0.178. The normalized spacial score (nSPS) is 10.9. The number of rotatable bonds is 3. The number of carbonyl (C=O) groups excluding carboxylic acids is 1. The Morgan fingerprint density at radius 1 is 1.40 bits per heavy atom. The summed E-state index contributed by atoms with van der Waals surface area (Å²) in [6.07, 6.45) is 1.40. The predicted molar refractivity (Wildman–Crippen MR) is 79.1 cm³/mol. The van der Waals surface area contributed by atoms with E-state index in [2.05, 4.69) is 4.98 Å². The van der Waals surface area contributed by atoms with Gasteiger partial charge in [-0.25, -0.2) is 4.98 Å². The largest absolute Gasteiger partial charge is 0.452 e. The SMILES string of the molecule is CN(Cc1nc2ccccc2s1)C(=O)c1ccoc1Cl. The minimum absolute atomic E-state index is 0.117. The molecule has 3 rings (SSSR count). The van der Waals surface area contributed by atoms with Crippen LogP contribution in [0.4, 0.5) is 0 Å². The van der Waals surface area contributed by atoms with Crippen LogP contribution in [0, 0.1) is 0 Å². The quantitative estimate of drug-likeness (QED) is 0.739. The fraction of sp³-hybridized carbons (Fsp3) is 0.143. The van der Waals surface area contributed by atoms with Gasteiger partial charge in [-0.3, -0.25) is 4.79 Å². The molecule has 0 radical (unpaired) electrons. The van der Waals surface area contributed by atoms with Crippen LogP contribution in [0.25, 0.3) is 10.2 Å². The van der Waals surface area contributed by atoms with E-state index in [1.54, 1.807) is 29.4 Å². The minimum Gasteiger partial charge on any atom is -0.452 e. The lowest BCUT2D eigenvalue weighted by atomic mass is 10.3. The van der Waals surface area contributed by atoms with E-state index in [-0.39, 0.29) is 11.1 Å². The molecule has 20 heavy (non-hydrogen) atoms. The molecule has 0 fully saturated rings. The van der Waals surface area contributed by atoms with Gasteiger partial charge >= 0.3 is 0 Å². The van der Waals surface area contributed by atoms with Gasteiger partial charge < -0.3 is 9.32 Å². The summed E-state index contributed by atoms with van der Waals surface area (Å²) in [6, 6.07) is 9.48. The second kappa shape index (κ2) is 5.26. The van der Waals surface area contributed by atoms with E-state index in [0.29, 0.717) is 12.1 Å². The zero-order chi connectivity index (χ0) is 14.1. The standard InChI is InChI=1S/C14H11ClN2O2S/c1-17(14(18)9-6-7-19-13(9)15)8-12-16-10-4-2-3-5-11(10)20-12/h2-7H,8H2,1H3. The molecule has 0 bridgehead atoms. The Morgan fingerprint density at radius 2 is 2.20 bits per heavy atom. The lowest BCUT2D eigenvalue weighted by Gasteiger charge is -2.14. The van der Waals surface area contributed by atoms with E-state index in [1.807, 2.05) is 24.3 Å². The Balaban J connectivity index is 1.80. The molecule has 0 spiro atoms. The third kappa shape index (κ3) is 2.42. The Bertz CT molecular complexity index is 732. The van der Waals surface area contributed by atoms with Crippen molar-refractivity contribution in [2.75, 3.05) is 7.05 Å². The van der Waals surface area contributed by atoms with Crippen molar-refractivity contribution in [3.05, 3.63) is 52.4 Å². The molecule has 0 atom stereocenters. The summed E-state index contributed by atoms with van der Waals surface area (Å²) in [7, 11) is 1.72. The summed E-state index contributed by atoms with van der Waals surface area (Å²) in [5, 5.41) is 1.01. The molecular weight excluding hydrogens is 296 g/mol. The average Bonchev–Trinajstić information content (AvgIpc) is 3.03. The number of carbonyl (C=O) groups is 1. The van der Waals surface area contributed by atoms with Crippen molar-refractivity contribution in [2.45, 2.75) is 6.54 Å². The molecule has 2 aromatic heterocycles. The van der Waals surface area contributed by atoms with Crippen LogP contribution < -0.4 is 0 Å². The maximum absolute atomic E-state index is 12.2. The van der Waals surface area contributed by atoms with Gasteiger partial charge in [-0.05, 0) is 29.8 Å². The van der Waals surface area contributed by atoms with Gasteiger partial charge in [0.2, 0.25) is 5.22 Å². The highest BCUT2D eigenvalue weighted by Gasteiger charge is 2.18. The van der Waals surface area contributed by atoms with Crippen molar-refractivity contribution in [1.82, 2.24) is 9.88 Å². The van der Waals surface area contributed by atoms with Gasteiger partial charge in [0.1, 0.15) is 5.01 Å². The number of furan rings is 1. The van der Waals surface area contributed by atoms with Gasteiger partial charge in [-0.2, -0.15) is 0 Å². The molecule has 0 N–H and O–H groups in total. The summed E-state index contributed by atoms with van der Waals surface area (Å²) >= 11 is 7.40. The number of thiazole rings is 1. The number of benzene rings is 1. The lowest BCUT2D eigenvalue weighted by molar-refractivity contribution is 0.0784. The summed E-state index contributed by atoms with van der Waals surface area (Å²) in [5.74, 6) is -0.178. The third-order valence-corrected chi connectivity index (χ3v) is 4.22. The van der Waals surface area contributed by atoms with Crippen LogP contribution in [0.1, 0.15) is 15.4 Å². The molecular formula is C14H11ClN2O2S. The number of halogens is 1. The highest BCUT2D eigenvalue weighted by molar-refractivity contribution is 7.18. The van der Waals surface area contributed by atoms with Gasteiger partial charge in [0.05, 0.1) is 28.6 Å². The third-order valence-electron chi connectivity index (χ3n) is 2.91. The topological polar surface area (TPSA) is 46.3 Å². The van der Waals surface area contributed by atoms with Gasteiger partial charge in [0.25, 0.3) is 5.91 Å². The number of fused-ring (bicyclic) bond motifs is 1. The Labute approximate surface area is 124 Å². The van der Waals surface area contributed by atoms with Crippen LogP contribution in [0.2, 0.25) is 5.22 Å². The van der Waals surface area contributed by atoms with Gasteiger partial charge in [0.15, 0.2) is 0 Å². The smallest absolute Gasteiger partial charge is 0.258 e. The molecule has 0 saturated carbocycles. The zero-order valence-corrected chi connectivity index (χ0v) is 12.2. The molecule has 0 aliphatic heterocycles. The first-order valence-electron chi connectivity index (χ1n) is 5.98. The number of hydrogen-bond acceptors (Lipinski definition) is 4. The summed E-state index contributed by atoms with van der Waals surface area (Å²) < 4.78 is 6.05. The highest BCUT2D eigenvalue weighted by Crippen LogP contribution is 2.24. The van der Waals surface area contributed by atoms with Crippen molar-refractivity contribution < 1.29 is 9.21 Å². The van der Waals surface area contributed by atoms with Gasteiger partial charge in [-0.1, -0.05) is 12.1 Å². The van der Waals surface area contributed by atoms with E-state index in [1.165, 1.54) is 6.26 Å². The van der Waals surface area contributed by atoms with Gasteiger partial charge in [-0.15, -0.1) is 11.3 Å². The monoisotopic (exact) mass is 306 g/mol. The Morgan fingerprint density at radius 3 is 2.90 bits per heavy atom. The number of nitrogens with zero attached hydrogens (tertiary/aromatic N) is 2. The van der Waals surface area contributed by atoms with Crippen molar-refractivity contribution in [1.29, 1.82) is 0 Å². The molecule has 4 nitrogen and oxygen atoms in total. The van der Waals surface area contributed by atoms with Crippen molar-refractivity contribution in [3.8, 4) is 0 Å². The van der Waals surface area contributed by atoms with E-state index in [4.69, 9.17) is 16.0 Å². The first-order chi connectivity index (χ1) is 9.65. The fourth-order valence-corrected chi connectivity index (χ4v) is 3.13. The second-order valence-corrected chi connectivity index (χ2v) is 5.80. The second-order valence-electron chi connectivity index (χ2n) is 4.34. The van der Waals surface area contributed by atoms with E-state index in [9.17, 15) is 4.79 Å². The van der Waals surface area contributed by atoms with Crippen LogP contribution in [0.3, 0.4) is 0 Å². The Kier molecular flexibility index (Phi) is 3.46. The summed E-state index contributed by atoms with van der Waals surface area (Å²) in [4.78, 5) is 18.3. The number of aromatic nitrogens is 1. The average molecular weight is 307 g/mol. The van der Waals surface area contributed by atoms with Crippen LogP contribution in [0.15, 0.2) is 41.0 Å². The van der Waals surface area contributed by atoms with Crippen LogP contribution in [-0.2, 0) is 6.54 Å². The number of hydrogen-bond donors (Lipinski definition) is 0. The molecule has 0 unspecified atom stereocenters. The molecule has 6 heteroatoms. The molecule has 2 heterocycles. The van der Waals surface area contributed by atoms with E-state index < -0.39 is 0 Å². The fourth-order valence-electron chi connectivity index (χ4n) is 1.91. The number of para-hydroxylation sites is 1. The van der Waals surface area contributed by atoms with Crippen LogP contribution >= 0.6 is 22.9 Å². The summed E-state index contributed by atoms with van der Waals surface area (Å²) in [6.45, 7) is 0.444. The molecule has 0 aliphatic rings. The van der Waals surface area contributed by atoms with Crippen molar-refractivity contribution >= 4 is 39.1 Å². The zero-order valence-electron chi connectivity index (χ0n) is 10.7. The van der Waals surface area contributed by atoms with Crippen molar-refractivity contribution in [2.24, 2.45) is 0 Å². The first kappa shape index (κ1) is 13.1. The maximum Gasteiger partial charge on any atom is 0.258 e. The lowest BCUT2D eigenvalue weighted by Crippen LogP contribution is -2.25. The van der Waals surface area contributed by atoms with E-state index >= 15 is 0 Å². The Hall–Kier alpha value is -1.85.